The molecular formula is C18H14ClN5O2. The van der Waals surface area contributed by atoms with Crippen LogP contribution in [-0.2, 0) is 7.05 Å². The third kappa shape index (κ3) is 2.62. The zero-order valence-electron chi connectivity index (χ0n) is 14.0. The van der Waals surface area contributed by atoms with Gasteiger partial charge in [-0.05, 0) is 12.1 Å². The van der Waals surface area contributed by atoms with Crippen LogP contribution < -0.4 is 10.3 Å². The van der Waals surface area contributed by atoms with Crippen molar-refractivity contribution in [3.63, 3.8) is 0 Å². The summed E-state index contributed by atoms with van der Waals surface area (Å²) in [5.41, 5.74) is 1.81. The second-order valence-corrected chi connectivity index (χ2v) is 6.12. The quantitative estimate of drug-likeness (QED) is 0.601. The van der Waals surface area contributed by atoms with Gasteiger partial charge in [0.1, 0.15) is 28.1 Å². The highest BCUT2D eigenvalue weighted by atomic mass is 35.5. The molecule has 3 aromatic heterocycles. The summed E-state index contributed by atoms with van der Waals surface area (Å²) in [6.45, 7) is 0. The maximum Gasteiger partial charge on any atom is 0.262 e. The molecule has 0 aliphatic carbocycles. The van der Waals surface area contributed by atoms with Crippen LogP contribution in [0.5, 0.6) is 5.75 Å². The number of hydrogen-bond donors (Lipinski definition) is 1. The Kier molecular flexibility index (Phi) is 3.93. The number of nitrogens with zero attached hydrogens (tertiary/aromatic N) is 4. The normalized spacial score (nSPS) is 11.0. The summed E-state index contributed by atoms with van der Waals surface area (Å²) >= 11 is 6.26. The average Bonchev–Trinajstić information content (AvgIpc) is 3.07. The first-order valence-corrected chi connectivity index (χ1v) is 8.16. The third-order valence-corrected chi connectivity index (χ3v) is 4.33. The van der Waals surface area contributed by atoms with E-state index in [0.717, 1.165) is 0 Å². The molecule has 1 aromatic carbocycles. The Morgan fingerprint density at radius 1 is 1.23 bits per heavy atom. The van der Waals surface area contributed by atoms with Gasteiger partial charge in [-0.25, -0.2) is 15.0 Å². The van der Waals surface area contributed by atoms with Crippen molar-refractivity contribution in [3.05, 3.63) is 58.4 Å². The van der Waals surface area contributed by atoms with Gasteiger partial charge in [0.15, 0.2) is 5.75 Å². The van der Waals surface area contributed by atoms with E-state index in [4.69, 9.17) is 16.3 Å². The molecule has 26 heavy (non-hydrogen) atoms. The monoisotopic (exact) mass is 367 g/mol. The van der Waals surface area contributed by atoms with Gasteiger partial charge >= 0.3 is 0 Å². The van der Waals surface area contributed by atoms with Crippen molar-refractivity contribution >= 4 is 22.5 Å². The first-order valence-electron chi connectivity index (χ1n) is 7.78. The van der Waals surface area contributed by atoms with Crippen LogP contribution in [0.15, 0.2) is 47.8 Å². The van der Waals surface area contributed by atoms with Gasteiger partial charge in [-0.15, -0.1) is 0 Å². The molecule has 0 spiro atoms. The highest BCUT2D eigenvalue weighted by Crippen LogP contribution is 2.31. The van der Waals surface area contributed by atoms with Crippen LogP contribution in [0.4, 0.5) is 0 Å². The molecule has 0 bridgehead atoms. The summed E-state index contributed by atoms with van der Waals surface area (Å²) in [4.78, 5) is 28.9. The van der Waals surface area contributed by atoms with Gasteiger partial charge in [0.25, 0.3) is 5.56 Å². The van der Waals surface area contributed by atoms with Crippen LogP contribution >= 0.6 is 11.6 Å². The molecule has 3 heterocycles. The molecule has 0 radical (unpaired) electrons. The molecule has 4 rings (SSSR count). The fourth-order valence-corrected chi connectivity index (χ4v) is 3.01. The number of hydrogen-bond acceptors (Lipinski definition) is 5. The summed E-state index contributed by atoms with van der Waals surface area (Å²) in [5.74, 6) is 0.708. The molecule has 0 atom stereocenters. The Bertz CT molecular complexity index is 1180. The van der Waals surface area contributed by atoms with Crippen LogP contribution in [0, 0.1) is 0 Å². The van der Waals surface area contributed by atoms with Gasteiger partial charge < -0.3 is 14.3 Å². The number of H-pyrrole nitrogens is 1. The lowest BCUT2D eigenvalue weighted by molar-refractivity contribution is 0.417. The van der Waals surface area contributed by atoms with Crippen molar-refractivity contribution in [1.29, 1.82) is 0 Å². The summed E-state index contributed by atoms with van der Waals surface area (Å²) < 4.78 is 7.10. The van der Waals surface area contributed by atoms with Gasteiger partial charge in [0.05, 0.1) is 24.7 Å². The van der Waals surface area contributed by atoms with Crippen molar-refractivity contribution in [1.82, 2.24) is 24.5 Å². The smallest absolute Gasteiger partial charge is 0.262 e. The molecule has 7 nitrogen and oxygen atoms in total. The number of aromatic amines is 1. The van der Waals surface area contributed by atoms with Crippen LogP contribution in [-0.4, -0.2) is 31.6 Å². The lowest BCUT2D eigenvalue weighted by Crippen LogP contribution is -2.12. The number of ether oxygens (including phenoxy) is 1. The van der Waals surface area contributed by atoms with E-state index in [9.17, 15) is 4.79 Å². The Labute approximate surface area is 153 Å². The second kappa shape index (κ2) is 6.27. The number of methoxy groups -OCH3 is 1. The van der Waals surface area contributed by atoms with Crippen LogP contribution in [0.1, 0.15) is 0 Å². The van der Waals surface area contributed by atoms with Gasteiger partial charge in [0, 0.05) is 18.8 Å². The van der Waals surface area contributed by atoms with E-state index in [2.05, 4.69) is 19.9 Å². The van der Waals surface area contributed by atoms with E-state index in [-0.39, 0.29) is 5.56 Å². The predicted molar refractivity (Wildman–Crippen MR) is 99.4 cm³/mol. The fourth-order valence-electron chi connectivity index (χ4n) is 2.78. The highest BCUT2D eigenvalue weighted by molar-refractivity contribution is 6.33. The van der Waals surface area contributed by atoms with Gasteiger partial charge in [-0.3, -0.25) is 4.79 Å². The molecule has 0 aliphatic heterocycles. The van der Waals surface area contributed by atoms with Crippen LogP contribution in [0.2, 0.25) is 5.02 Å². The number of benzene rings is 1. The number of halogens is 1. The lowest BCUT2D eigenvalue weighted by atomic mass is 10.1. The van der Waals surface area contributed by atoms with Gasteiger partial charge in [-0.2, -0.15) is 0 Å². The average molecular weight is 368 g/mol. The highest BCUT2D eigenvalue weighted by Gasteiger charge is 2.18. The minimum Gasteiger partial charge on any atom is -0.494 e. The Balaban J connectivity index is 2.08. The largest absolute Gasteiger partial charge is 0.494 e. The summed E-state index contributed by atoms with van der Waals surface area (Å²) in [6, 6.07) is 7.18. The first-order chi connectivity index (χ1) is 12.6. The minimum atomic E-state index is -0.332. The van der Waals surface area contributed by atoms with Crippen LogP contribution in [0.25, 0.3) is 33.7 Å². The summed E-state index contributed by atoms with van der Waals surface area (Å²) in [5, 5.41) is 0.809. The maximum absolute atomic E-state index is 12.8. The standard InChI is InChI=1S/C18H14ClN5O2/c1-24-8-12(21-9-24)15-16-14(13(26-2)7-20-15)18(25)23-17(22-16)10-5-3-4-6-11(10)19/h3-9H,1-2H3,(H,22,23,25). The molecule has 0 amide bonds. The Hall–Kier alpha value is -3.19. The van der Waals surface area contributed by atoms with Crippen LogP contribution in [0.3, 0.4) is 0 Å². The Morgan fingerprint density at radius 3 is 2.73 bits per heavy atom. The molecule has 4 aromatic rings. The zero-order chi connectivity index (χ0) is 18.3. The number of fused-ring (bicyclic) bond motifs is 1. The Morgan fingerprint density at radius 2 is 2.04 bits per heavy atom. The fraction of sp³-hybridized carbons (Fsp3) is 0.111. The predicted octanol–water partition coefficient (Wildman–Crippen LogP) is 3.05. The number of aryl methyl sites for hydroxylation is 1. The topological polar surface area (TPSA) is 85.7 Å². The molecule has 0 unspecified atom stereocenters. The number of rotatable bonds is 3. The number of pyridine rings is 1. The molecule has 0 aliphatic rings. The maximum atomic E-state index is 12.8. The molecule has 0 fully saturated rings. The van der Waals surface area contributed by atoms with E-state index in [1.807, 2.05) is 25.4 Å². The van der Waals surface area contributed by atoms with E-state index in [0.29, 0.717) is 44.5 Å². The summed E-state index contributed by atoms with van der Waals surface area (Å²) in [7, 11) is 3.34. The number of aromatic nitrogens is 5. The molecule has 8 heteroatoms. The SMILES string of the molecule is COc1cnc(-c2cn(C)cn2)c2nc(-c3ccccc3Cl)[nH]c(=O)c12. The third-order valence-electron chi connectivity index (χ3n) is 4.00. The van der Waals surface area contributed by atoms with Gasteiger partial charge in [-0.1, -0.05) is 23.7 Å². The van der Waals surface area contributed by atoms with Crippen molar-refractivity contribution in [3.8, 4) is 28.5 Å². The van der Waals surface area contributed by atoms with Crippen molar-refractivity contribution in [2.75, 3.05) is 7.11 Å². The number of nitrogens with one attached hydrogen (secondary N) is 1. The molecule has 130 valence electrons. The van der Waals surface area contributed by atoms with Crippen molar-refractivity contribution in [2.45, 2.75) is 0 Å². The van der Waals surface area contributed by atoms with Gasteiger partial charge in [0.2, 0.25) is 0 Å². The van der Waals surface area contributed by atoms with E-state index < -0.39 is 0 Å². The summed E-state index contributed by atoms with van der Waals surface area (Å²) in [6.07, 6.45) is 4.97. The first kappa shape index (κ1) is 16.3. The molecule has 0 saturated heterocycles. The second-order valence-electron chi connectivity index (χ2n) is 5.72. The zero-order valence-corrected chi connectivity index (χ0v) is 14.8. The number of imidazole rings is 1. The van der Waals surface area contributed by atoms with Crippen molar-refractivity contribution < 1.29 is 4.74 Å². The van der Waals surface area contributed by atoms with E-state index in [1.54, 1.807) is 23.0 Å². The molecular weight excluding hydrogens is 354 g/mol. The van der Waals surface area contributed by atoms with E-state index >= 15 is 0 Å². The lowest BCUT2D eigenvalue weighted by Gasteiger charge is -2.10. The molecule has 1 N–H and O–H groups in total. The van der Waals surface area contributed by atoms with Crippen molar-refractivity contribution in [2.24, 2.45) is 7.05 Å². The molecule has 0 saturated carbocycles. The van der Waals surface area contributed by atoms with E-state index in [1.165, 1.54) is 13.3 Å². The minimum absolute atomic E-state index is 0.318.